The molecule has 0 saturated heterocycles. The molecule has 7 aromatic rings. The number of hydrogen-bond donors (Lipinski definition) is 0. The number of aliphatic imine (C=N–C) groups is 1. The molecule has 3 heteroatoms. The highest BCUT2D eigenvalue weighted by Gasteiger charge is 2.50. The van der Waals surface area contributed by atoms with E-state index < -0.39 is 5.41 Å². The Hall–Kier alpha value is -5.93. The summed E-state index contributed by atoms with van der Waals surface area (Å²) in [5.41, 5.74) is 15.0. The molecule has 6 aromatic carbocycles. The summed E-state index contributed by atoms with van der Waals surface area (Å²) in [6, 6.07) is 50.5. The Morgan fingerprint density at radius 1 is 0.562 bits per heavy atom. The number of aromatic nitrogens is 1. The molecule has 0 N–H and O–H groups in total. The van der Waals surface area contributed by atoms with Crippen LogP contribution >= 0.6 is 0 Å². The fourth-order valence-electron chi connectivity index (χ4n) is 9.27. The van der Waals surface area contributed by atoms with Crippen LogP contribution in [0, 0.1) is 0 Å². The Balaban J connectivity index is 1.16. The zero-order valence-corrected chi connectivity index (χ0v) is 26.5. The Labute approximate surface area is 279 Å². The minimum absolute atomic E-state index is 0.185. The van der Waals surface area contributed by atoms with Gasteiger partial charge in [-0.2, -0.15) is 0 Å². The van der Waals surface area contributed by atoms with Crippen molar-refractivity contribution in [2.24, 2.45) is 4.99 Å². The number of nitrogens with zero attached hydrogens (tertiary/aromatic N) is 3. The first kappa shape index (κ1) is 26.2. The molecule has 0 bridgehead atoms. The molecular weight excluding hydrogens is 583 g/mol. The first-order valence-corrected chi connectivity index (χ1v) is 16.9. The highest BCUT2D eigenvalue weighted by molar-refractivity contribution is 6.13. The minimum atomic E-state index is -0.417. The predicted octanol–water partition coefficient (Wildman–Crippen LogP) is 9.68. The number of rotatable bonds is 2. The van der Waals surface area contributed by atoms with Gasteiger partial charge in [0.15, 0.2) is 0 Å². The van der Waals surface area contributed by atoms with Gasteiger partial charge in [-0.05, 0) is 56.6 Å². The molecule has 0 radical (unpaired) electrons. The molecule has 4 aliphatic rings. The fourth-order valence-corrected chi connectivity index (χ4v) is 9.27. The molecule has 2 unspecified atom stereocenters. The lowest BCUT2D eigenvalue weighted by atomic mass is 9.65. The topological polar surface area (TPSA) is 20.5 Å². The highest BCUT2D eigenvalue weighted by Crippen LogP contribution is 2.61. The number of benzene rings is 6. The van der Waals surface area contributed by atoms with Gasteiger partial charge in [-0.25, -0.2) is 0 Å². The molecule has 48 heavy (non-hydrogen) atoms. The molecule has 0 saturated carbocycles. The van der Waals surface area contributed by atoms with Crippen molar-refractivity contribution in [3.05, 3.63) is 186 Å². The third-order valence-corrected chi connectivity index (χ3v) is 11.3. The second kappa shape index (κ2) is 9.33. The van der Waals surface area contributed by atoms with Crippen LogP contribution < -0.4 is 0 Å². The summed E-state index contributed by atoms with van der Waals surface area (Å²) in [7, 11) is 2.15. The first-order valence-electron chi connectivity index (χ1n) is 16.9. The van der Waals surface area contributed by atoms with Gasteiger partial charge < -0.3 is 9.47 Å². The summed E-state index contributed by atoms with van der Waals surface area (Å²) >= 11 is 0. The van der Waals surface area contributed by atoms with Gasteiger partial charge in [-0.1, -0.05) is 146 Å². The summed E-state index contributed by atoms with van der Waals surface area (Å²) in [6.07, 6.45) is 8.68. The van der Waals surface area contributed by atoms with Crippen molar-refractivity contribution in [3.8, 4) is 27.9 Å². The molecule has 0 amide bonds. The lowest BCUT2D eigenvalue weighted by Gasteiger charge is -2.39. The molecule has 3 heterocycles. The molecule has 11 rings (SSSR count). The van der Waals surface area contributed by atoms with Crippen molar-refractivity contribution in [3.63, 3.8) is 0 Å². The number of hydrogen-bond acceptors (Lipinski definition) is 2. The number of likely N-dealkylation sites (N-methyl/N-ethyl adjacent to an activating group) is 1. The van der Waals surface area contributed by atoms with Crippen LogP contribution in [0.2, 0.25) is 0 Å². The third-order valence-electron chi connectivity index (χ3n) is 11.3. The molecule has 226 valence electrons. The zero-order valence-electron chi connectivity index (χ0n) is 26.5. The van der Waals surface area contributed by atoms with Gasteiger partial charge in [0, 0.05) is 23.4 Å². The van der Waals surface area contributed by atoms with E-state index in [0.29, 0.717) is 6.04 Å². The second-order valence-electron chi connectivity index (χ2n) is 13.5. The minimum Gasteiger partial charge on any atom is -0.351 e. The van der Waals surface area contributed by atoms with Gasteiger partial charge in [-0.15, -0.1) is 0 Å². The summed E-state index contributed by atoms with van der Waals surface area (Å²) in [4.78, 5) is 7.37. The quantitative estimate of drug-likeness (QED) is 0.190. The first-order chi connectivity index (χ1) is 23.7. The summed E-state index contributed by atoms with van der Waals surface area (Å²) in [6.45, 7) is 0. The van der Waals surface area contributed by atoms with Crippen molar-refractivity contribution < 1.29 is 0 Å². The molecule has 0 fully saturated rings. The summed E-state index contributed by atoms with van der Waals surface area (Å²) in [5.74, 6) is 1.05. The number of para-hydroxylation sites is 2. The van der Waals surface area contributed by atoms with Crippen LogP contribution in [0.3, 0.4) is 0 Å². The zero-order chi connectivity index (χ0) is 31.6. The van der Waals surface area contributed by atoms with Gasteiger partial charge in [0.2, 0.25) is 0 Å². The monoisotopic (exact) mass is 613 g/mol. The lowest BCUT2D eigenvalue weighted by Crippen LogP contribution is -2.35. The van der Waals surface area contributed by atoms with Gasteiger partial charge in [0.1, 0.15) is 5.84 Å². The van der Waals surface area contributed by atoms with E-state index in [9.17, 15) is 0 Å². The maximum Gasteiger partial charge on any atom is 0.131 e. The number of amidine groups is 1. The lowest BCUT2D eigenvalue weighted by molar-refractivity contribution is 0.437. The fraction of sp³-hybridized carbons (Fsp3) is 0.0889. The molecular formula is C45H31N3. The van der Waals surface area contributed by atoms with Crippen molar-refractivity contribution in [2.45, 2.75) is 17.5 Å². The van der Waals surface area contributed by atoms with Gasteiger partial charge in [0.25, 0.3) is 0 Å². The van der Waals surface area contributed by atoms with E-state index in [4.69, 9.17) is 4.99 Å². The van der Waals surface area contributed by atoms with Crippen LogP contribution in [0.4, 0.5) is 0 Å². The average molecular weight is 614 g/mol. The van der Waals surface area contributed by atoms with Gasteiger partial charge >= 0.3 is 0 Å². The molecule has 2 atom stereocenters. The van der Waals surface area contributed by atoms with Crippen LogP contribution in [0.5, 0.6) is 0 Å². The van der Waals surface area contributed by atoms with Crippen LogP contribution in [-0.4, -0.2) is 34.4 Å². The van der Waals surface area contributed by atoms with Crippen molar-refractivity contribution in [1.29, 1.82) is 0 Å². The Kier molecular flexibility index (Phi) is 5.09. The SMILES string of the molecule is CN1C(c2ccc(-c3ccc4c(c3)-n3c5ccccc5c5cccc(c53)C43c4ccccc4-c4ccccc43)cc2)=NC2C=CC=CC21. The largest absolute Gasteiger partial charge is 0.351 e. The van der Waals surface area contributed by atoms with Crippen molar-refractivity contribution in [1.82, 2.24) is 9.47 Å². The predicted molar refractivity (Wildman–Crippen MR) is 197 cm³/mol. The van der Waals surface area contributed by atoms with Crippen LogP contribution in [0.15, 0.2) is 163 Å². The smallest absolute Gasteiger partial charge is 0.131 e. The second-order valence-corrected chi connectivity index (χ2v) is 13.5. The number of fused-ring (bicyclic) bond motifs is 13. The van der Waals surface area contributed by atoms with E-state index in [1.807, 2.05) is 0 Å². The van der Waals surface area contributed by atoms with Crippen molar-refractivity contribution in [2.75, 3.05) is 7.05 Å². The molecule has 1 aromatic heterocycles. The third kappa shape index (κ3) is 3.16. The van der Waals surface area contributed by atoms with E-state index in [1.165, 1.54) is 72.0 Å². The van der Waals surface area contributed by atoms with Gasteiger partial charge in [0.05, 0.1) is 34.2 Å². The Morgan fingerprint density at radius 2 is 1.21 bits per heavy atom. The van der Waals surface area contributed by atoms with Crippen LogP contribution in [0.25, 0.3) is 49.7 Å². The Bertz CT molecular complexity index is 2550. The van der Waals surface area contributed by atoms with E-state index in [2.05, 4.69) is 174 Å². The normalized spacial score (nSPS) is 19.0. The Morgan fingerprint density at radius 3 is 2.00 bits per heavy atom. The standard InChI is InChI=1S/C45H31N3/c1-47-41-20-9-7-18-39(41)46-44(47)29-23-21-28(22-24-29)30-25-26-37-42(27-30)48-40-19-8-4-13-33(40)34-14-10-17-38(43(34)48)45(37)35-15-5-2-11-31(35)32-12-3-6-16-36(32)45/h2-27,39,41H,1H3. The molecule has 1 spiro atoms. The van der Waals surface area contributed by atoms with E-state index in [0.717, 1.165) is 11.4 Å². The average Bonchev–Trinajstić information content (AvgIpc) is 3.78. The van der Waals surface area contributed by atoms with E-state index >= 15 is 0 Å². The van der Waals surface area contributed by atoms with Crippen LogP contribution in [-0.2, 0) is 5.41 Å². The maximum atomic E-state index is 5.07. The van der Waals surface area contributed by atoms with Crippen molar-refractivity contribution >= 4 is 27.6 Å². The van der Waals surface area contributed by atoms with E-state index in [-0.39, 0.29) is 6.04 Å². The van der Waals surface area contributed by atoms with E-state index in [1.54, 1.807) is 0 Å². The highest BCUT2D eigenvalue weighted by atomic mass is 15.3. The summed E-state index contributed by atoms with van der Waals surface area (Å²) < 4.78 is 2.53. The number of allylic oxidation sites excluding steroid dienone is 2. The van der Waals surface area contributed by atoms with Gasteiger partial charge in [-0.3, -0.25) is 4.99 Å². The maximum absolute atomic E-state index is 5.07. The molecule has 2 aliphatic heterocycles. The summed E-state index contributed by atoms with van der Waals surface area (Å²) in [5, 5.41) is 2.59. The van der Waals surface area contributed by atoms with Crippen LogP contribution in [0.1, 0.15) is 27.8 Å². The molecule has 3 nitrogen and oxygen atoms in total. The molecule has 2 aliphatic carbocycles.